The molecule has 4 aromatic rings. The van der Waals surface area contributed by atoms with Crippen LogP contribution >= 0.6 is 0 Å². The molecule has 0 fully saturated rings. The Kier molecular flexibility index (Phi) is 6.91. The van der Waals surface area contributed by atoms with E-state index in [0.29, 0.717) is 34.9 Å². The van der Waals surface area contributed by atoms with Gasteiger partial charge in [0.05, 0.1) is 29.9 Å². The van der Waals surface area contributed by atoms with Crippen molar-refractivity contribution in [2.75, 3.05) is 6.61 Å². The summed E-state index contributed by atoms with van der Waals surface area (Å²) in [6.45, 7) is 8.07. The minimum absolute atomic E-state index is 0.00541. The minimum Gasteiger partial charge on any atom is -0.493 e. The second-order valence-corrected chi connectivity index (χ2v) is 8.85. The number of primary amides is 1. The number of aryl methyl sites for hydroxylation is 1. The van der Waals surface area contributed by atoms with E-state index in [1.54, 1.807) is 54.0 Å². The normalized spacial score (nSPS) is 11.1. The Morgan fingerprint density at radius 2 is 1.86 bits per heavy atom. The molecule has 1 aromatic carbocycles. The molecule has 0 aliphatic carbocycles. The van der Waals surface area contributed by atoms with E-state index in [1.165, 1.54) is 0 Å². The van der Waals surface area contributed by atoms with Crippen LogP contribution in [0.3, 0.4) is 0 Å². The molecule has 9 nitrogen and oxygen atoms in total. The summed E-state index contributed by atoms with van der Waals surface area (Å²) in [5.41, 5.74) is 10.1. The van der Waals surface area contributed by atoms with Gasteiger partial charge in [-0.25, -0.2) is 4.98 Å². The fourth-order valence-electron chi connectivity index (χ4n) is 4.12. The molecule has 186 valence electrons. The standard InChI is InChI=1S/C27H29N5O4/c1-5-36-23-10-16(4)31-26(34)20(23)13-29-27(35)22-12-19(17-6-8-18(9-7-17)25(28)33)11-21-24(15(2)3)30-14-32(21)22/h6-12,14-15H,5,13H2,1-4H3,(H2,28,33)(H,29,35)(H,31,34). The number of aromatic nitrogens is 3. The number of carbonyl (C=O) groups is 2. The number of benzene rings is 1. The van der Waals surface area contributed by atoms with Gasteiger partial charge in [0, 0.05) is 11.3 Å². The van der Waals surface area contributed by atoms with Gasteiger partial charge in [-0.1, -0.05) is 26.0 Å². The Labute approximate surface area is 208 Å². The predicted octanol–water partition coefficient (Wildman–Crippen LogP) is 3.55. The van der Waals surface area contributed by atoms with E-state index < -0.39 is 5.91 Å². The third kappa shape index (κ3) is 4.86. The number of nitrogens with zero attached hydrogens (tertiary/aromatic N) is 2. The molecule has 0 bridgehead atoms. The average Bonchev–Trinajstić information content (AvgIpc) is 3.27. The van der Waals surface area contributed by atoms with Crippen LogP contribution in [-0.4, -0.2) is 32.8 Å². The Morgan fingerprint density at radius 1 is 1.14 bits per heavy atom. The number of ether oxygens (including phenoxy) is 1. The van der Waals surface area contributed by atoms with Crippen molar-refractivity contribution in [3.05, 3.63) is 87.4 Å². The van der Waals surface area contributed by atoms with E-state index in [-0.39, 0.29) is 23.9 Å². The Balaban J connectivity index is 1.74. The molecule has 3 aromatic heterocycles. The number of pyridine rings is 2. The number of rotatable bonds is 8. The Hall–Kier alpha value is -4.40. The van der Waals surface area contributed by atoms with Crippen molar-refractivity contribution in [2.24, 2.45) is 5.73 Å². The Bertz CT molecular complexity index is 1500. The van der Waals surface area contributed by atoms with Crippen molar-refractivity contribution in [2.45, 2.75) is 40.2 Å². The molecular weight excluding hydrogens is 458 g/mol. The molecule has 0 atom stereocenters. The van der Waals surface area contributed by atoms with Crippen molar-refractivity contribution in [1.29, 1.82) is 0 Å². The van der Waals surface area contributed by atoms with Crippen LogP contribution in [0.25, 0.3) is 16.6 Å². The van der Waals surface area contributed by atoms with Crippen molar-refractivity contribution >= 4 is 17.3 Å². The first-order valence-electron chi connectivity index (χ1n) is 11.7. The molecule has 0 unspecified atom stereocenters. The summed E-state index contributed by atoms with van der Waals surface area (Å²) >= 11 is 0. The number of imidazole rings is 1. The third-order valence-corrected chi connectivity index (χ3v) is 5.92. The number of nitrogens with one attached hydrogen (secondary N) is 2. The highest BCUT2D eigenvalue weighted by Crippen LogP contribution is 2.28. The average molecular weight is 488 g/mol. The lowest BCUT2D eigenvalue weighted by atomic mass is 10.0. The van der Waals surface area contributed by atoms with Crippen molar-refractivity contribution < 1.29 is 14.3 Å². The number of H-pyrrole nitrogens is 1. The minimum atomic E-state index is -0.507. The fourth-order valence-corrected chi connectivity index (χ4v) is 4.12. The first-order valence-corrected chi connectivity index (χ1v) is 11.7. The molecule has 0 aliphatic rings. The molecule has 0 saturated carbocycles. The van der Waals surface area contributed by atoms with Crippen LogP contribution in [0, 0.1) is 6.92 Å². The number of amides is 2. The maximum Gasteiger partial charge on any atom is 0.268 e. The molecule has 0 aliphatic heterocycles. The van der Waals surface area contributed by atoms with Gasteiger partial charge in [0.25, 0.3) is 11.5 Å². The zero-order valence-corrected chi connectivity index (χ0v) is 20.7. The summed E-state index contributed by atoms with van der Waals surface area (Å²) < 4.78 is 7.37. The van der Waals surface area contributed by atoms with E-state index in [4.69, 9.17) is 10.5 Å². The van der Waals surface area contributed by atoms with Gasteiger partial charge in [0.1, 0.15) is 17.8 Å². The predicted molar refractivity (Wildman–Crippen MR) is 137 cm³/mol. The van der Waals surface area contributed by atoms with Gasteiger partial charge in [-0.2, -0.15) is 0 Å². The van der Waals surface area contributed by atoms with Crippen LogP contribution in [0.5, 0.6) is 5.75 Å². The van der Waals surface area contributed by atoms with E-state index >= 15 is 0 Å². The summed E-state index contributed by atoms with van der Waals surface area (Å²) in [5, 5.41) is 2.86. The van der Waals surface area contributed by atoms with E-state index in [9.17, 15) is 14.4 Å². The van der Waals surface area contributed by atoms with Crippen LogP contribution in [0.4, 0.5) is 0 Å². The summed E-state index contributed by atoms with van der Waals surface area (Å²) in [5.74, 6) is -0.298. The summed E-state index contributed by atoms with van der Waals surface area (Å²) in [6.07, 6.45) is 1.63. The molecule has 2 amide bonds. The smallest absolute Gasteiger partial charge is 0.268 e. The van der Waals surface area contributed by atoms with Gasteiger partial charge in [0.15, 0.2) is 0 Å². The zero-order valence-electron chi connectivity index (χ0n) is 20.7. The quantitative estimate of drug-likeness (QED) is 0.350. The van der Waals surface area contributed by atoms with E-state index in [2.05, 4.69) is 15.3 Å². The molecule has 3 heterocycles. The third-order valence-electron chi connectivity index (χ3n) is 5.92. The highest BCUT2D eigenvalue weighted by Gasteiger charge is 2.19. The van der Waals surface area contributed by atoms with Gasteiger partial charge in [-0.15, -0.1) is 0 Å². The van der Waals surface area contributed by atoms with Crippen molar-refractivity contribution in [3.8, 4) is 16.9 Å². The highest BCUT2D eigenvalue weighted by atomic mass is 16.5. The van der Waals surface area contributed by atoms with Gasteiger partial charge in [-0.05, 0) is 61.2 Å². The Morgan fingerprint density at radius 3 is 2.50 bits per heavy atom. The van der Waals surface area contributed by atoms with Crippen LogP contribution in [0.15, 0.2) is 53.6 Å². The molecule has 4 N–H and O–H groups in total. The molecule has 0 spiro atoms. The van der Waals surface area contributed by atoms with Crippen LogP contribution < -0.4 is 21.3 Å². The van der Waals surface area contributed by atoms with E-state index in [1.807, 2.05) is 26.8 Å². The number of fused-ring (bicyclic) bond motifs is 1. The summed E-state index contributed by atoms with van der Waals surface area (Å²) in [6, 6.07) is 12.4. The fraction of sp³-hybridized carbons (Fsp3) is 0.259. The molecule has 9 heteroatoms. The second-order valence-electron chi connectivity index (χ2n) is 8.85. The van der Waals surface area contributed by atoms with Crippen LogP contribution in [0.1, 0.15) is 64.5 Å². The van der Waals surface area contributed by atoms with Gasteiger partial charge >= 0.3 is 0 Å². The van der Waals surface area contributed by atoms with Crippen LogP contribution in [0.2, 0.25) is 0 Å². The number of hydrogen-bond donors (Lipinski definition) is 3. The monoisotopic (exact) mass is 487 g/mol. The first kappa shape index (κ1) is 24.7. The largest absolute Gasteiger partial charge is 0.493 e. The van der Waals surface area contributed by atoms with E-state index in [0.717, 1.165) is 22.3 Å². The lowest BCUT2D eigenvalue weighted by molar-refractivity contribution is 0.0943. The molecule has 36 heavy (non-hydrogen) atoms. The number of hydrogen-bond acceptors (Lipinski definition) is 5. The lowest BCUT2D eigenvalue weighted by Gasteiger charge is -2.14. The highest BCUT2D eigenvalue weighted by molar-refractivity contribution is 5.96. The SMILES string of the molecule is CCOc1cc(C)[nH]c(=O)c1CNC(=O)c1cc(-c2ccc(C(N)=O)cc2)cc2c(C(C)C)ncn12. The number of nitrogens with two attached hydrogens (primary N) is 1. The van der Waals surface area contributed by atoms with Gasteiger partial charge in [-0.3, -0.25) is 18.8 Å². The summed E-state index contributed by atoms with van der Waals surface area (Å²) in [4.78, 5) is 44.7. The second kappa shape index (κ2) is 10.1. The number of carbonyl (C=O) groups excluding carboxylic acids is 2. The van der Waals surface area contributed by atoms with Crippen molar-refractivity contribution in [1.82, 2.24) is 19.7 Å². The molecule has 0 saturated heterocycles. The maximum atomic E-state index is 13.4. The molecular formula is C27H29N5O4. The summed E-state index contributed by atoms with van der Waals surface area (Å²) in [7, 11) is 0. The zero-order chi connectivity index (χ0) is 26.0. The van der Waals surface area contributed by atoms with Gasteiger partial charge < -0.3 is 20.8 Å². The van der Waals surface area contributed by atoms with Crippen LogP contribution in [-0.2, 0) is 6.54 Å². The maximum absolute atomic E-state index is 13.4. The number of aromatic amines is 1. The van der Waals surface area contributed by atoms with Crippen molar-refractivity contribution in [3.63, 3.8) is 0 Å². The molecule has 4 rings (SSSR count). The lowest BCUT2D eigenvalue weighted by Crippen LogP contribution is -2.29. The topological polar surface area (TPSA) is 132 Å². The van der Waals surface area contributed by atoms with Gasteiger partial charge in [0.2, 0.25) is 5.91 Å². The first-order chi connectivity index (χ1) is 17.2. The molecule has 0 radical (unpaired) electrons.